The van der Waals surface area contributed by atoms with Crippen molar-refractivity contribution in [2.75, 3.05) is 6.54 Å². The Morgan fingerprint density at radius 1 is 0.889 bits per heavy atom. The Morgan fingerprint density at radius 2 is 1.50 bits per heavy atom. The van der Waals surface area contributed by atoms with Gasteiger partial charge >= 0.3 is 0 Å². The molecule has 0 radical (unpaired) electrons. The molecule has 0 spiro atoms. The fourth-order valence-electron chi connectivity index (χ4n) is 3.33. The van der Waals surface area contributed by atoms with Crippen molar-refractivity contribution >= 4 is 0 Å². The molecule has 18 heavy (non-hydrogen) atoms. The Balaban J connectivity index is 2.18. The SMILES string of the molecule is CCCCCCC(CCCCCC)C1CCCN1. The molecule has 1 atom stereocenters. The first-order chi connectivity index (χ1) is 8.88. The van der Waals surface area contributed by atoms with Gasteiger partial charge in [-0.3, -0.25) is 0 Å². The Labute approximate surface area is 115 Å². The van der Waals surface area contributed by atoms with E-state index in [2.05, 4.69) is 19.2 Å². The van der Waals surface area contributed by atoms with Gasteiger partial charge in [-0.1, -0.05) is 65.2 Å². The fourth-order valence-corrected chi connectivity index (χ4v) is 3.33. The highest BCUT2D eigenvalue weighted by molar-refractivity contribution is 4.81. The van der Waals surface area contributed by atoms with Crippen LogP contribution in [0.1, 0.15) is 90.9 Å². The molecule has 1 heterocycles. The summed E-state index contributed by atoms with van der Waals surface area (Å²) in [5.41, 5.74) is 0. The van der Waals surface area contributed by atoms with E-state index in [1.54, 1.807) is 0 Å². The van der Waals surface area contributed by atoms with E-state index in [0.717, 1.165) is 12.0 Å². The molecule has 0 aromatic rings. The van der Waals surface area contributed by atoms with E-state index >= 15 is 0 Å². The van der Waals surface area contributed by atoms with Crippen LogP contribution in [0.25, 0.3) is 0 Å². The second-order valence-electron chi connectivity index (χ2n) is 6.16. The second kappa shape index (κ2) is 10.8. The van der Waals surface area contributed by atoms with Crippen molar-refractivity contribution in [1.29, 1.82) is 0 Å². The van der Waals surface area contributed by atoms with Crippen LogP contribution in [0, 0.1) is 5.92 Å². The van der Waals surface area contributed by atoms with Gasteiger partial charge in [0.25, 0.3) is 0 Å². The van der Waals surface area contributed by atoms with Gasteiger partial charge in [0.2, 0.25) is 0 Å². The molecular formula is C17H35N. The first-order valence-electron chi connectivity index (χ1n) is 8.61. The lowest BCUT2D eigenvalue weighted by molar-refractivity contribution is 0.321. The van der Waals surface area contributed by atoms with Gasteiger partial charge < -0.3 is 5.32 Å². The summed E-state index contributed by atoms with van der Waals surface area (Å²) < 4.78 is 0. The van der Waals surface area contributed by atoms with Gasteiger partial charge in [-0.15, -0.1) is 0 Å². The van der Waals surface area contributed by atoms with Crippen LogP contribution in [0.4, 0.5) is 0 Å². The molecule has 1 heteroatoms. The lowest BCUT2D eigenvalue weighted by atomic mass is 9.87. The Bertz CT molecular complexity index is 160. The largest absolute Gasteiger partial charge is 0.314 e. The molecule has 1 unspecified atom stereocenters. The van der Waals surface area contributed by atoms with E-state index in [1.165, 1.54) is 83.6 Å². The Morgan fingerprint density at radius 3 is 1.94 bits per heavy atom. The first-order valence-corrected chi connectivity index (χ1v) is 8.61. The molecule has 1 fully saturated rings. The molecule has 1 aliphatic heterocycles. The molecule has 1 aliphatic rings. The molecular weight excluding hydrogens is 218 g/mol. The van der Waals surface area contributed by atoms with Gasteiger partial charge in [0, 0.05) is 6.04 Å². The van der Waals surface area contributed by atoms with Crippen LogP contribution in [-0.2, 0) is 0 Å². The molecule has 1 nitrogen and oxygen atoms in total. The van der Waals surface area contributed by atoms with Crippen LogP contribution < -0.4 is 5.32 Å². The summed E-state index contributed by atoms with van der Waals surface area (Å²) in [5.74, 6) is 0.973. The lowest BCUT2D eigenvalue weighted by Gasteiger charge is -2.24. The minimum absolute atomic E-state index is 0.855. The van der Waals surface area contributed by atoms with Crippen molar-refractivity contribution in [1.82, 2.24) is 5.32 Å². The van der Waals surface area contributed by atoms with Gasteiger partial charge in [0.15, 0.2) is 0 Å². The summed E-state index contributed by atoms with van der Waals surface area (Å²) in [5, 5.41) is 3.74. The average Bonchev–Trinajstić information content (AvgIpc) is 2.91. The number of rotatable bonds is 11. The number of nitrogens with one attached hydrogen (secondary N) is 1. The minimum atomic E-state index is 0.855. The third-order valence-corrected chi connectivity index (χ3v) is 4.52. The molecule has 0 bridgehead atoms. The van der Waals surface area contributed by atoms with E-state index in [1.807, 2.05) is 0 Å². The van der Waals surface area contributed by atoms with Crippen LogP contribution in [0.15, 0.2) is 0 Å². The predicted molar refractivity (Wildman–Crippen MR) is 82.0 cm³/mol. The van der Waals surface area contributed by atoms with Crippen molar-refractivity contribution in [3.63, 3.8) is 0 Å². The van der Waals surface area contributed by atoms with Crippen LogP contribution >= 0.6 is 0 Å². The summed E-state index contributed by atoms with van der Waals surface area (Å²) in [6, 6.07) is 0.855. The van der Waals surface area contributed by atoms with Crippen molar-refractivity contribution in [3.05, 3.63) is 0 Å². The maximum Gasteiger partial charge on any atom is 0.00957 e. The van der Waals surface area contributed by atoms with Crippen LogP contribution in [-0.4, -0.2) is 12.6 Å². The Hall–Kier alpha value is -0.0400. The highest BCUT2D eigenvalue weighted by atomic mass is 14.9. The van der Waals surface area contributed by atoms with Crippen molar-refractivity contribution in [2.45, 2.75) is 96.9 Å². The highest BCUT2D eigenvalue weighted by Crippen LogP contribution is 2.26. The molecule has 1 N–H and O–H groups in total. The molecule has 0 aromatic heterocycles. The minimum Gasteiger partial charge on any atom is -0.314 e. The molecule has 0 saturated carbocycles. The second-order valence-corrected chi connectivity index (χ2v) is 6.16. The van der Waals surface area contributed by atoms with E-state index in [4.69, 9.17) is 0 Å². The number of hydrogen-bond donors (Lipinski definition) is 1. The Kier molecular flexibility index (Phi) is 9.65. The van der Waals surface area contributed by atoms with E-state index in [-0.39, 0.29) is 0 Å². The topological polar surface area (TPSA) is 12.0 Å². The molecule has 1 rings (SSSR count). The third kappa shape index (κ3) is 6.78. The number of hydrogen-bond acceptors (Lipinski definition) is 1. The van der Waals surface area contributed by atoms with Gasteiger partial charge in [-0.05, 0) is 38.1 Å². The van der Waals surface area contributed by atoms with Crippen molar-refractivity contribution in [2.24, 2.45) is 5.92 Å². The highest BCUT2D eigenvalue weighted by Gasteiger charge is 2.23. The third-order valence-electron chi connectivity index (χ3n) is 4.52. The van der Waals surface area contributed by atoms with Gasteiger partial charge in [-0.2, -0.15) is 0 Å². The summed E-state index contributed by atoms with van der Waals surface area (Å²) in [6.45, 7) is 5.88. The average molecular weight is 253 g/mol. The monoisotopic (exact) mass is 253 g/mol. The van der Waals surface area contributed by atoms with Gasteiger partial charge in [0.05, 0.1) is 0 Å². The zero-order chi connectivity index (χ0) is 13.1. The molecule has 1 saturated heterocycles. The van der Waals surface area contributed by atoms with Crippen molar-refractivity contribution in [3.8, 4) is 0 Å². The van der Waals surface area contributed by atoms with Crippen LogP contribution in [0.5, 0.6) is 0 Å². The quantitative estimate of drug-likeness (QED) is 0.493. The normalized spacial score (nSPS) is 19.8. The summed E-state index contributed by atoms with van der Waals surface area (Å²) in [7, 11) is 0. The lowest BCUT2D eigenvalue weighted by Crippen LogP contribution is -2.30. The standard InChI is InChI=1S/C17H35N/c1-3-5-7-9-12-16(13-10-8-6-4-2)17-14-11-15-18-17/h16-18H,3-15H2,1-2H3. The molecule has 108 valence electrons. The predicted octanol–water partition coefficient (Wildman–Crippen LogP) is 5.30. The zero-order valence-corrected chi connectivity index (χ0v) is 12.8. The van der Waals surface area contributed by atoms with Crippen LogP contribution in [0.2, 0.25) is 0 Å². The molecule has 0 aliphatic carbocycles. The van der Waals surface area contributed by atoms with Gasteiger partial charge in [-0.25, -0.2) is 0 Å². The van der Waals surface area contributed by atoms with E-state index in [0.29, 0.717) is 0 Å². The fraction of sp³-hybridized carbons (Fsp3) is 1.00. The summed E-state index contributed by atoms with van der Waals surface area (Å²) in [4.78, 5) is 0. The number of unbranched alkanes of at least 4 members (excludes halogenated alkanes) is 6. The maximum atomic E-state index is 3.74. The summed E-state index contributed by atoms with van der Waals surface area (Å²) >= 11 is 0. The van der Waals surface area contributed by atoms with Gasteiger partial charge in [0.1, 0.15) is 0 Å². The van der Waals surface area contributed by atoms with Crippen LogP contribution in [0.3, 0.4) is 0 Å². The zero-order valence-electron chi connectivity index (χ0n) is 12.8. The maximum absolute atomic E-state index is 3.74. The first kappa shape index (κ1) is 16.0. The van der Waals surface area contributed by atoms with E-state index in [9.17, 15) is 0 Å². The smallest absolute Gasteiger partial charge is 0.00957 e. The van der Waals surface area contributed by atoms with E-state index < -0.39 is 0 Å². The molecule has 0 aromatic carbocycles. The summed E-state index contributed by atoms with van der Waals surface area (Å²) in [6.07, 6.45) is 17.2. The van der Waals surface area contributed by atoms with Crippen molar-refractivity contribution < 1.29 is 0 Å². The molecule has 0 amide bonds.